The van der Waals surface area contributed by atoms with Gasteiger partial charge in [-0.25, -0.2) is 0 Å². The molecule has 150 valence electrons. The lowest BCUT2D eigenvalue weighted by atomic mass is 10.2. The van der Waals surface area contributed by atoms with E-state index in [1.165, 1.54) is 6.26 Å². The Hall–Kier alpha value is -2.72. The molecular formula is C18H25N7O3. The highest BCUT2D eigenvalue weighted by Gasteiger charge is 2.24. The Labute approximate surface area is 163 Å². The van der Waals surface area contributed by atoms with Crippen LogP contribution in [0.25, 0.3) is 0 Å². The van der Waals surface area contributed by atoms with Gasteiger partial charge in [0.15, 0.2) is 5.76 Å². The number of carbonyl (C=O) groups is 1. The van der Waals surface area contributed by atoms with Crippen LogP contribution in [0, 0.1) is 0 Å². The van der Waals surface area contributed by atoms with Crippen molar-refractivity contribution in [3.63, 3.8) is 0 Å². The lowest BCUT2D eigenvalue weighted by Crippen LogP contribution is -2.48. The number of nitrogen functional groups attached to an aromatic ring is 1. The predicted octanol–water partition coefficient (Wildman–Crippen LogP) is 0.596. The monoisotopic (exact) mass is 387 g/mol. The standard InChI is InChI=1S/C18H25N7O3/c19-17-21-15(22-18(23-17)20-11-13-3-1-9-27-13)12-24-5-7-25(8-6-24)16(26)14-4-2-10-28-14/h2,4,10,13H,1,3,5-9,11-12H2,(H3,19,20,21,22,23). The molecule has 1 unspecified atom stereocenters. The van der Waals surface area contributed by atoms with Crippen LogP contribution in [0.15, 0.2) is 22.8 Å². The van der Waals surface area contributed by atoms with Gasteiger partial charge in [-0.1, -0.05) is 0 Å². The topological polar surface area (TPSA) is 123 Å². The van der Waals surface area contributed by atoms with Gasteiger partial charge in [-0.2, -0.15) is 15.0 Å². The summed E-state index contributed by atoms with van der Waals surface area (Å²) in [6, 6.07) is 3.41. The third-order valence-corrected chi connectivity index (χ3v) is 4.97. The number of aromatic nitrogens is 3. The van der Waals surface area contributed by atoms with E-state index in [0.29, 0.717) is 43.7 Å². The quantitative estimate of drug-likeness (QED) is 0.733. The molecule has 2 fully saturated rings. The number of furan rings is 1. The van der Waals surface area contributed by atoms with Crippen molar-refractivity contribution in [2.75, 3.05) is 50.4 Å². The van der Waals surface area contributed by atoms with Crippen molar-refractivity contribution in [1.82, 2.24) is 24.8 Å². The summed E-state index contributed by atoms with van der Waals surface area (Å²) in [6.07, 6.45) is 3.84. The van der Waals surface area contributed by atoms with Crippen molar-refractivity contribution in [3.8, 4) is 0 Å². The summed E-state index contributed by atoms with van der Waals surface area (Å²) in [5.41, 5.74) is 5.85. The maximum absolute atomic E-state index is 12.3. The first-order valence-corrected chi connectivity index (χ1v) is 9.58. The van der Waals surface area contributed by atoms with E-state index < -0.39 is 0 Å². The van der Waals surface area contributed by atoms with Crippen molar-refractivity contribution < 1.29 is 13.9 Å². The van der Waals surface area contributed by atoms with Gasteiger partial charge in [-0.3, -0.25) is 9.69 Å². The van der Waals surface area contributed by atoms with Crippen LogP contribution >= 0.6 is 0 Å². The van der Waals surface area contributed by atoms with Gasteiger partial charge in [0, 0.05) is 39.3 Å². The number of hydrogen-bond donors (Lipinski definition) is 2. The molecule has 4 heterocycles. The van der Waals surface area contributed by atoms with E-state index in [1.54, 1.807) is 17.0 Å². The van der Waals surface area contributed by atoms with Crippen LogP contribution in [0.4, 0.5) is 11.9 Å². The van der Waals surface area contributed by atoms with E-state index >= 15 is 0 Å². The van der Waals surface area contributed by atoms with Gasteiger partial charge in [-0.05, 0) is 25.0 Å². The summed E-state index contributed by atoms with van der Waals surface area (Å²) in [5.74, 6) is 1.60. The number of nitrogens with two attached hydrogens (primary N) is 1. The van der Waals surface area contributed by atoms with Crippen molar-refractivity contribution in [1.29, 1.82) is 0 Å². The molecule has 1 atom stereocenters. The van der Waals surface area contributed by atoms with Gasteiger partial charge >= 0.3 is 0 Å². The number of rotatable bonds is 6. The molecule has 0 radical (unpaired) electrons. The minimum absolute atomic E-state index is 0.0744. The molecule has 0 aliphatic carbocycles. The zero-order chi connectivity index (χ0) is 19.3. The SMILES string of the molecule is Nc1nc(CN2CCN(C(=O)c3ccco3)CC2)nc(NCC2CCCO2)n1. The molecule has 0 bridgehead atoms. The minimum atomic E-state index is -0.0744. The predicted molar refractivity (Wildman–Crippen MR) is 102 cm³/mol. The molecule has 2 saturated heterocycles. The first kappa shape index (κ1) is 18.6. The van der Waals surface area contributed by atoms with Gasteiger partial charge in [0.1, 0.15) is 5.82 Å². The molecule has 10 nitrogen and oxygen atoms in total. The first-order valence-electron chi connectivity index (χ1n) is 9.58. The summed E-state index contributed by atoms with van der Waals surface area (Å²) in [6.45, 7) is 4.76. The number of amides is 1. The lowest BCUT2D eigenvalue weighted by Gasteiger charge is -2.33. The van der Waals surface area contributed by atoms with Crippen molar-refractivity contribution >= 4 is 17.8 Å². The van der Waals surface area contributed by atoms with E-state index in [0.717, 1.165) is 32.5 Å². The van der Waals surface area contributed by atoms with Gasteiger partial charge in [0.25, 0.3) is 5.91 Å². The van der Waals surface area contributed by atoms with E-state index in [4.69, 9.17) is 14.9 Å². The van der Waals surface area contributed by atoms with Gasteiger partial charge in [0.2, 0.25) is 11.9 Å². The van der Waals surface area contributed by atoms with Gasteiger partial charge in [-0.15, -0.1) is 0 Å². The number of anilines is 2. The fourth-order valence-corrected chi connectivity index (χ4v) is 3.46. The average molecular weight is 387 g/mol. The zero-order valence-corrected chi connectivity index (χ0v) is 15.7. The molecular weight excluding hydrogens is 362 g/mol. The molecule has 1 amide bonds. The molecule has 2 aliphatic rings. The Bertz CT molecular complexity index is 784. The average Bonchev–Trinajstić information content (AvgIpc) is 3.40. The Morgan fingerprint density at radius 2 is 2.11 bits per heavy atom. The Balaban J connectivity index is 1.30. The largest absolute Gasteiger partial charge is 0.459 e. The molecule has 10 heteroatoms. The second-order valence-electron chi connectivity index (χ2n) is 7.00. The smallest absolute Gasteiger partial charge is 0.289 e. The first-order chi connectivity index (χ1) is 13.7. The highest BCUT2D eigenvalue weighted by Crippen LogP contribution is 2.14. The molecule has 28 heavy (non-hydrogen) atoms. The number of piperazine rings is 1. The molecule has 2 aromatic heterocycles. The van der Waals surface area contributed by atoms with Gasteiger partial charge < -0.3 is 25.1 Å². The second-order valence-corrected chi connectivity index (χ2v) is 7.00. The summed E-state index contributed by atoms with van der Waals surface area (Å²) in [4.78, 5) is 29.2. The minimum Gasteiger partial charge on any atom is -0.459 e. The highest BCUT2D eigenvalue weighted by atomic mass is 16.5. The van der Waals surface area contributed by atoms with Crippen molar-refractivity contribution in [3.05, 3.63) is 30.0 Å². The number of ether oxygens (including phenoxy) is 1. The summed E-state index contributed by atoms with van der Waals surface area (Å²) < 4.78 is 10.8. The third-order valence-electron chi connectivity index (χ3n) is 4.97. The Kier molecular flexibility index (Phi) is 5.68. The van der Waals surface area contributed by atoms with Crippen LogP contribution in [-0.4, -0.2) is 76.1 Å². The summed E-state index contributed by atoms with van der Waals surface area (Å²) in [5, 5.41) is 3.19. The fraction of sp³-hybridized carbons (Fsp3) is 0.556. The lowest BCUT2D eigenvalue weighted by molar-refractivity contribution is 0.0595. The number of hydrogen-bond acceptors (Lipinski definition) is 9. The van der Waals surface area contributed by atoms with Crippen molar-refractivity contribution in [2.24, 2.45) is 0 Å². The van der Waals surface area contributed by atoms with Crippen LogP contribution in [0.1, 0.15) is 29.2 Å². The maximum Gasteiger partial charge on any atom is 0.289 e. The Morgan fingerprint density at radius 3 is 2.82 bits per heavy atom. The van der Waals surface area contributed by atoms with E-state index in [9.17, 15) is 4.79 Å². The van der Waals surface area contributed by atoms with Gasteiger partial charge in [0.05, 0.1) is 18.9 Å². The van der Waals surface area contributed by atoms with Crippen LogP contribution < -0.4 is 11.1 Å². The molecule has 2 aliphatic heterocycles. The summed E-state index contributed by atoms with van der Waals surface area (Å²) in [7, 11) is 0. The molecule has 2 aromatic rings. The van der Waals surface area contributed by atoms with Crippen LogP contribution in [0.2, 0.25) is 0 Å². The normalized spacial score (nSPS) is 20.4. The second kappa shape index (κ2) is 8.53. The van der Waals surface area contributed by atoms with E-state index in [2.05, 4.69) is 25.2 Å². The van der Waals surface area contributed by atoms with E-state index in [1.807, 2.05) is 0 Å². The van der Waals surface area contributed by atoms with Crippen LogP contribution in [-0.2, 0) is 11.3 Å². The summed E-state index contributed by atoms with van der Waals surface area (Å²) >= 11 is 0. The van der Waals surface area contributed by atoms with Crippen LogP contribution in [0.5, 0.6) is 0 Å². The highest BCUT2D eigenvalue weighted by molar-refractivity contribution is 5.91. The Morgan fingerprint density at radius 1 is 1.25 bits per heavy atom. The number of carbonyl (C=O) groups excluding carboxylic acids is 1. The van der Waals surface area contributed by atoms with E-state index in [-0.39, 0.29) is 18.0 Å². The maximum atomic E-state index is 12.3. The fourth-order valence-electron chi connectivity index (χ4n) is 3.46. The third kappa shape index (κ3) is 4.57. The molecule has 0 aromatic carbocycles. The molecule has 3 N–H and O–H groups in total. The number of nitrogens with zero attached hydrogens (tertiary/aromatic N) is 5. The van der Waals surface area contributed by atoms with Crippen molar-refractivity contribution in [2.45, 2.75) is 25.5 Å². The number of nitrogens with one attached hydrogen (secondary N) is 1. The van der Waals surface area contributed by atoms with Crippen LogP contribution in [0.3, 0.4) is 0 Å². The molecule has 0 saturated carbocycles. The molecule has 4 rings (SSSR count). The molecule has 0 spiro atoms. The zero-order valence-electron chi connectivity index (χ0n) is 15.7.